The molecule has 0 amide bonds. The van der Waals surface area contributed by atoms with Crippen molar-refractivity contribution in [1.82, 2.24) is 0 Å². The Balaban J connectivity index is 1.12. The van der Waals surface area contributed by atoms with E-state index in [-0.39, 0.29) is 17.8 Å². The third kappa shape index (κ3) is 6.83. The Morgan fingerprint density at radius 2 is 0.902 bits per heavy atom. The van der Waals surface area contributed by atoms with Gasteiger partial charge in [-0.25, -0.2) is 0 Å². The molecule has 61 heavy (non-hydrogen) atoms. The molecule has 2 atom stereocenters. The number of hydrogen-bond donors (Lipinski definition) is 0. The van der Waals surface area contributed by atoms with Crippen molar-refractivity contribution in [3.05, 3.63) is 145 Å². The van der Waals surface area contributed by atoms with Crippen LogP contribution in [0.15, 0.2) is 78.4 Å². The number of rotatable bonds is 6. The number of carbonyl (C=O) groups is 1. The molecular weight excluding hydrogens is 753 g/mol. The minimum atomic E-state index is -0.350. The maximum atomic E-state index is 15.3. The number of benzene rings is 6. The van der Waals surface area contributed by atoms with Gasteiger partial charge in [0.05, 0.1) is 0 Å². The number of hydrogen-bond acceptors (Lipinski definition) is 5. The topological polar surface area (TPSA) is 54.0 Å². The number of carbonyl (C=O) groups excluding carboxylic acids is 1. The average Bonchev–Trinajstić information content (AvgIpc) is 3.72. The Labute approximate surface area is 360 Å². The van der Waals surface area contributed by atoms with Gasteiger partial charge in [0, 0.05) is 33.7 Å². The lowest BCUT2D eigenvalue weighted by atomic mass is 9.86. The molecule has 6 aromatic carbocycles. The van der Waals surface area contributed by atoms with Crippen molar-refractivity contribution in [3.8, 4) is 67.5 Å². The van der Waals surface area contributed by atoms with E-state index >= 15 is 4.79 Å². The van der Waals surface area contributed by atoms with Crippen molar-refractivity contribution in [3.63, 3.8) is 0 Å². The van der Waals surface area contributed by atoms with Gasteiger partial charge in [-0.3, -0.25) is 4.79 Å². The second-order valence-electron chi connectivity index (χ2n) is 18.5. The van der Waals surface area contributed by atoms with Crippen LogP contribution < -0.4 is 18.9 Å². The summed E-state index contributed by atoms with van der Waals surface area (Å²) in [6.07, 6.45) is 3.91. The molecule has 308 valence electrons. The maximum Gasteiger partial charge on any atom is 0.170 e. The zero-order valence-electron chi connectivity index (χ0n) is 36.9. The van der Waals surface area contributed by atoms with Crippen LogP contribution in [-0.2, 0) is 12.8 Å². The summed E-state index contributed by atoms with van der Waals surface area (Å²) in [5.41, 5.74) is 23.3. The summed E-state index contributed by atoms with van der Waals surface area (Å²) < 4.78 is 27.5. The van der Waals surface area contributed by atoms with E-state index in [0.29, 0.717) is 38.4 Å². The van der Waals surface area contributed by atoms with Gasteiger partial charge in [-0.1, -0.05) is 129 Å². The second kappa shape index (κ2) is 14.8. The Morgan fingerprint density at radius 1 is 0.475 bits per heavy atom. The van der Waals surface area contributed by atoms with Gasteiger partial charge >= 0.3 is 0 Å². The van der Waals surface area contributed by atoms with E-state index in [4.69, 9.17) is 18.9 Å². The molecular formula is C56H54O5. The van der Waals surface area contributed by atoms with E-state index in [2.05, 4.69) is 141 Å². The molecule has 0 saturated heterocycles. The molecule has 0 saturated carbocycles. The van der Waals surface area contributed by atoms with Crippen molar-refractivity contribution >= 4 is 11.9 Å². The highest BCUT2D eigenvalue weighted by Crippen LogP contribution is 2.57. The number of Topliss-reactive ketones (excluding diaryl/α,β-unsaturated/α-hetero) is 1. The zero-order chi connectivity index (χ0) is 42.4. The molecule has 2 aliphatic carbocycles. The van der Waals surface area contributed by atoms with Crippen molar-refractivity contribution in [2.45, 2.75) is 87.7 Å². The molecule has 5 nitrogen and oxygen atoms in total. The van der Waals surface area contributed by atoms with Gasteiger partial charge in [-0.15, -0.1) is 0 Å². The third-order valence-electron chi connectivity index (χ3n) is 12.8. The highest BCUT2D eigenvalue weighted by Gasteiger charge is 2.43. The predicted octanol–water partition coefficient (Wildman–Crippen LogP) is 13.1. The SMILES string of the molecule is CC1=Cc2c(c(-c3cc(C)cc(C)c3)c3c(c2-c2cc(C)cc(C)c2)OCC(CC2Cc4c(c(-c5cc(C)cc(C)c5)c5c(c4-c4cc(C)cc(C)c4)OCCO5)C2=O)O3)C1. The van der Waals surface area contributed by atoms with Crippen LogP contribution in [0.4, 0.5) is 0 Å². The lowest BCUT2D eigenvalue weighted by Gasteiger charge is -2.33. The van der Waals surface area contributed by atoms with E-state index in [9.17, 15) is 0 Å². The first kappa shape index (κ1) is 39.1. The lowest BCUT2D eigenvalue weighted by molar-refractivity contribution is 0.0660. The standard InChI is InChI=1S/C56H54O5/c1-29-12-30(2)17-38(16-29)47-44-24-37(9)25-45(44)48(39-18-31(3)13-32(4)19-39)56-54(47)60-28-43(61-56)26-42-27-46-49(40-20-33(5)14-34(6)21-40)53-55(59-11-10-58-53)50(51(46)52(42)57)41-22-35(7)15-36(8)23-41/h12-24,42-43H,10-11,25-28H2,1-9H3. The molecule has 0 N–H and O–H groups in total. The summed E-state index contributed by atoms with van der Waals surface area (Å²) in [4.78, 5) is 15.3. The number of aryl methyl sites for hydroxylation is 8. The van der Waals surface area contributed by atoms with Crippen molar-refractivity contribution in [2.24, 2.45) is 5.92 Å². The van der Waals surface area contributed by atoms with Crippen LogP contribution in [0.25, 0.3) is 50.6 Å². The van der Waals surface area contributed by atoms with Crippen LogP contribution >= 0.6 is 0 Å². The molecule has 0 bridgehead atoms. The van der Waals surface area contributed by atoms with Crippen LogP contribution in [0.3, 0.4) is 0 Å². The summed E-state index contributed by atoms with van der Waals surface area (Å²) in [5, 5.41) is 0. The highest BCUT2D eigenvalue weighted by molar-refractivity contribution is 6.12. The minimum Gasteiger partial charge on any atom is -0.485 e. The minimum absolute atomic E-state index is 0.125. The van der Waals surface area contributed by atoms with Crippen LogP contribution in [0, 0.1) is 61.3 Å². The third-order valence-corrected chi connectivity index (χ3v) is 12.8. The quantitative estimate of drug-likeness (QED) is 0.168. The molecule has 0 fully saturated rings. The van der Waals surface area contributed by atoms with Crippen LogP contribution in [-0.4, -0.2) is 31.7 Å². The molecule has 2 unspecified atom stereocenters. The smallest absolute Gasteiger partial charge is 0.170 e. The monoisotopic (exact) mass is 806 g/mol. The fourth-order valence-electron chi connectivity index (χ4n) is 10.9. The van der Waals surface area contributed by atoms with Crippen LogP contribution in [0.2, 0.25) is 0 Å². The molecule has 0 spiro atoms. The van der Waals surface area contributed by atoms with Crippen LogP contribution in [0.5, 0.6) is 23.0 Å². The summed E-state index contributed by atoms with van der Waals surface area (Å²) in [6, 6.07) is 26.6. The molecule has 6 aromatic rings. The number of fused-ring (bicyclic) bond motifs is 4. The Kier molecular flexibility index (Phi) is 9.50. The van der Waals surface area contributed by atoms with E-state index < -0.39 is 0 Å². The largest absolute Gasteiger partial charge is 0.485 e. The average molecular weight is 807 g/mol. The van der Waals surface area contributed by atoms with E-state index in [1.807, 2.05) is 0 Å². The summed E-state index contributed by atoms with van der Waals surface area (Å²) in [6.45, 7) is 20.5. The summed E-state index contributed by atoms with van der Waals surface area (Å²) in [5.74, 6) is 2.77. The Bertz CT molecular complexity index is 2810. The van der Waals surface area contributed by atoms with Crippen LogP contribution in [0.1, 0.15) is 84.9 Å². The molecule has 0 aromatic heterocycles. The molecule has 10 rings (SSSR count). The van der Waals surface area contributed by atoms with Gasteiger partial charge in [0.25, 0.3) is 0 Å². The number of allylic oxidation sites excluding steroid dienone is 1. The van der Waals surface area contributed by atoms with Gasteiger partial charge in [-0.2, -0.15) is 0 Å². The van der Waals surface area contributed by atoms with Gasteiger partial charge < -0.3 is 18.9 Å². The van der Waals surface area contributed by atoms with Gasteiger partial charge in [-0.05, 0) is 121 Å². The second-order valence-corrected chi connectivity index (χ2v) is 18.5. The first-order valence-corrected chi connectivity index (χ1v) is 21.9. The number of ether oxygens (including phenoxy) is 4. The normalized spacial score (nSPS) is 17.3. The molecule has 2 heterocycles. The summed E-state index contributed by atoms with van der Waals surface area (Å²) >= 11 is 0. The first-order chi connectivity index (χ1) is 29.3. The van der Waals surface area contributed by atoms with E-state index in [1.165, 1.54) is 39.0 Å². The highest BCUT2D eigenvalue weighted by atomic mass is 16.6. The molecule has 5 heteroatoms. The first-order valence-electron chi connectivity index (χ1n) is 21.9. The molecule has 4 aliphatic rings. The van der Waals surface area contributed by atoms with Crippen molar-refractivity contribution in [1.29, 1.82) is 0 Å². The van der Waals surface area contributed by atoms with E-state index in [1.54, 1.807) is 0 Å². The molecule has 2 aliphatic heterocycles. The van der Waals surface area contributed by atoms with E-state index in [0.717, 1.165) is 102 Å². The Hall–Kier alpha value is -6.07. The predicted molar refractivity (Wildman–Crippen MR) is 247 cm³/mol. The molecule has 0 radical (unpaired) electrons. The number of ketones is 1. The summed E-state index contributed by atoms with van der Waals surface area (Å²) in [7, 11) is 0. The van der Waals surface area contributed by atoms with Gasteiger partial charge in [0.15, 0.2) is 28.8 Å². The fourth-order valence-corrected chi connectivity index (χ4v) is 10.9. The fraction of sp³-hybridized carbons (Fsp3) is 0.304. The Morgan fingerprint density at radius 3 is 1.41 bits per heavy atom. The lowest BCUT2D eigenvalue weighted by Crippen LogP contribution is -2.33. The van der Waals surface area contributed by atoms with Gasteiger partial charge in [0.2, 0.25) is 0 Å². The maximum absolute atomic E-state index is 15.3. The zero-order valence-corrected chi connectivity index (χ0v) is 36.9. The van der Waals surface area contributed by atoms with Crippen molar-refractivity contribution in [2.75, 3.05) is 19.8 Å². The van der Waals surface area contributed by atoms with Crippen molar-refractivity contribution < 1.29 is 23.7 Å². The van der Waals surface area contributed by atoms with Gasteiger partial charge in [0.1, 0.15) is 25.9 Å².